The molecule has 11 heteroatoms. The molecule has 8 nitrogen and oxygen atoms in total. The van der Waals surface area contributed by atoms with E-state index in [1.165, 1.54) is 0 Å². The molecule has 0 aromatic carbocycles. The first kappa shape index (κ1) is 20.5. The lowest BCUT2D eigenvalue weighted by atomic mass is 10.3. The normalized spacial score (nSPS) is 16.6. The number of alkyl halides is 3. The van der Waals surface area contributed by atoms with Crippen LogP contribution in [0.1, 0.15) is 6.42 Å². The number of amides is 2. The van der Waals surface area contributed by atoms with E-state index in [2.05, 4.69) is 20.5 Å². The van der Waals surface area contributed by atoms with Crippen LogP contribution in [0.3, 0.4) is 0 Å². The van der Waals surface area contributed by atoms with E-state index < -0.39 is 12.1 Å². The third-order valence-corrected chi connectivity index (χ3v) is 3.14. The lowest BCUT2D eigenvalue weighted by molar-refractivity contribution is -0.344. The van der Waals surface area contributed by atoms with Crippen molar-refractivity contribution >= 4 is 17.8 Å². The van der Waals surface area contributed by atoms with Crippen molar-refractivity contribution in [2.24, 2.45) is 0 Å². The summed E-state index contributed by atoms with van der Waals surface area (Å²) >= 11 is 0. The standard InChI is InChI=1S/C12H18N5O.C2HF3O2/c13-5-7-15-12(18)16-10-4-8-17(9-10)11-3-1-2-6-14-11;3-2(4,5)1(6)7/h1-3,6,10,13H,4-5,7-9H2,(H2,15,16,18);(H,6,7)/q-1;/p-1/t10-;/m0./s1. The molecule has 1 aliphatic rings. The molecule has 3 N–H and O–H groups in total. The monoisotopic (exact) mass is 361 g/mol. The maximum absolute atomic E-state index is 11.5. The third kappa shape index (κ3) is 7.70. The fraction of sp³-hybridized carbons (Fsp3) is 0.500. The Morgan fingerprint density at radius 2 is 2.08 bits per heavy atom. The number of carbonyl (C=O) groups is 2. The van der Waals surface area contributed by atoms with E-state index in [0.29, 0.717) is 6.54 Å². The van der Waals surface area contributed by atoms with Crippen LogP contribution in [0.4, 0.5) is 23.8 Å². The first-order valence-electron chi connectivity index (χ1n) is 7.37. The summed E-state index contributed by atoms with van der Waals surface area (Å²) in [5, 5.41) is 14.3. The number of urea groups is 1. The fourth-order valence-electron chi connectivity index (χ4n) is 2.04. The molecule has 1 aliphatic heterocycles. The molecule has 1 atom stereocenters. The number of rotatable bonds is 4. The van der Waals surface area contributed by atoms with Crippen LogP contribution in [0, 0.1) is 0 Å². The number of anilines is 1. The van der Waals surface area contributed by atoms with Gasteiger partial charge in [-0.1, -0.05) is 6.07 Å². The summed E-state index contributed by atoms with van der Waals surface area (Å²) in [4.78, 5) is 26.7. The second-order valence-corrected chi connectivity index (χ2v) is 5.06. The Hall–Kier alpha value is -2.56. The van der Waals surface area contributed by atoms with E-state index >= 15 is 0 Å². The van der Waals surface area contributed by atoms with Gasteiger partial charge in [-0.15, -0.1) is 6.54 Å². The summed E-state index contributed by atoms with van der Waals surface area (Å²) in [7, 11) is 0. The molecule has 1 fully saturated rings. The highest BCUT2D eigenvalue weighted by Crippen LogP contribution is 2.17. The molecular weight excluding hydrogens is 343 g/mol. The largest absolute Gasteiger partial charge is 0.676 e. The van der Waals surface area contributed by atoms with Crippen molar-refractivity contribution in [1.82, 2.24) is 15.6 Å². The van der Waals surface area contributed by atoms with Crippen molar-refractivity contribution in [3.05, 3.63) is 30.1 Å². The molecule has 0 saturated carbocycles. The topological polar surface area (TPSA) is 121 Å². The van der Waals surface area contributed by atoms with Crippen molar-refractivity contribution in [3.63, 3.8) is 0 Å². The Labute approximate surface area is 142 Å². The van der Waals surface area contributed by atoms with Gasteiger partial charge in [0.2, 0.25) is 0 Å². The Kier molecular flexibility index (Phi) is 7.92. The molecule has 0 spiro atoms. The minimum absolute atomic E-state index is 0.151. The van der Waals surface area contributed by atoms with E-state index in [0.717, 1.165) is 25.3 Å². The zero-order valence-electron chi connectivity index (χ0n) is 13.2. The van der Waals surface area contributed by atoms with Gasteiger partial charge >= 0.3 is 12.2 Å². The van der Waals surface area contributed by atoms with Crippen molar-refractivity contribution in [3.8, 4) is 0 Å². The second kappa shape index (κ2) is 9.67. The van der Waals surface area contributed by atoms with Gasteiger partial charge in [-0.3, -0.25) is 0 Å². The summed E-state index contributed by atoms with van der Waals surface area (Å²) in [6, 6.07) is 5.80. The molecule has 1 aromatic heterocycles. The van der Waals surface area contributed by atoms with Gasteiger partial charge in [-0.2, -0.15) is 13.2 Å². The molecule has 0 aliphatic carbocycles. The van der Waals surface area contributed by atoms with Gasteiger partial charge < -0.3 is 31.2 Å². The van der Waals surface area contributed by atoms with Crippen molar-refractivity contribution in [2.75, 3.05) is 31.1 Å². The number of nitrogens with one attached hydrogen (secondary N) is 3. The summed E-state index contributed by atoms with van der Waals surface area (Å²) < 4.78 is 31.5. The molecule has 140 valence electrons. The van der Waals surface area contributed by atoms with E-state index in [9.17, 15) is 18.0 Å². The number of nitrogens with zero attached hydrogens (tertiary/aromatic N) is 2. The van der Waals surface area contributed by atoms with Gasteiger partial charge in [-0.05, 0) is 18.6 Å². The van der Waals surface area contributed by atoms with Crippen LogP contribution in [-0.2, 0) is 4.79 Å². The average Bonchev–Trinajstić information content (AvgIpc) is 3.02. The number of carboxylic acids is 1. The van der Waals surface area contributed by atoms with Crippen LogP contribution in [0.5, 0.6) is 0 Å². The maximum Gasteiger partial charge on any atom is 0.430 e. The Morgan fingerprint density at radius 1 is 1.40 bits per heavy atom. The maximum atomic E-state index is 11.5. The summed E-state index contributed by atoms with van der Waals surface area (Å²) in [6.07, 6.45) is -2.50. The zero-order valence-corrected chi connectivity index (χ0v) is 13.2. The number of hydrogen-bond donors (Lipinski definition) is 2. The van der Waals surface area contributed by atoms with Crippen LogP contribution in [0.25, 0.3) is 5.73 Å². The first-order chi connectivity index (χ1) is 11.7. The smallest absolute Gasteiger partial charge is 0.430 e. The predicted molar refractivity (Wildman–Crippen MR) is 81.6 cm³/mol. The minimum Gasteiger partial charge on any atom is -0.676 e. The fourth-order valence-corrected chi connectivity index (χ4v) is 2.04. The molecule has 25 heavy (non-hydrogen) atoms. The Bertz CT molecular complexity index is 556. The molecule has 0 bridgehead atoms. The number of aliphatic carboxylic acids is 1. The second-order valence-electron chi connectivity index (χ2n) is 5.06. The molecule has 2 amide bonds. The quantitative estimate of drug-likeness (QED) is 0.799. The highest BCUT2D eigenvalue weighted by Gasteiger charge is 2.28. The van der Waals surface area contributed by atoms with Crippen LogP contribution < -0.4 is 20.6 Å². The van der Waals surface area contributed by atoms with Crippen molar-refractivity contribution < 1.29 is 27.9 Å². The molecule has 2 heterocycles. The van der Waals surface area contributed by atoms with Gasteiger partial charge in [0.25, 0.3) is 0 Å². The number of halogens is 3. The van der Waals surface area contributed by atoms with Gasteiger partial charge in [0.05, 0.1) is 0 Å². The lowest BCUT2D eigenvalue weighted by Crippen LogP contribution is -2.44. The molecular formula is C14H18F3N5O3-2. The molecule has 0 unspecified atom stereocenters. The average molecular weight is 361 g/mol. The summed E-state index contributed by atoms with van der Waals surface area (Å²) in [5.74, 6) is -2.05. The highest BCUT2D eigenvalue weighted by atomic mass is 19.4. The van der Waals surface area contributed by atoms with Gasteiger partial charge in [0.15, 0.2) is 0 Å². The number of carboxylic acid groups (broad SMARTS) is 1. The number of carbonyl (C=O) groups excluding carboxylic acids is 2. The summed E-state index contributed by atoms with van der Waals surface area (Å²) in [5.41, 5.74) is 6.97. The van der Waals surface area contributed by atoms with Crippen molar-refractivity contribution in [1.29, 1.82) is 0 Å². The van der Waals surface area contributed by atoms with Gasteiger partial charge in [0.1, 0.15) is 11.8 Å². The molecule has 1 aromatic rings. The molecule has 2 rings (SSSR count). The number of pyridine rings is 1. The van der Waals surface area contributed by atoms with E-state index in [1.807, 2.05) is 18.2 Å². The van der Waals surface area contributed by atoms with Crippen LogP contribution in [-0.4, -0.2) is 55.4 Å². The third-order valence-electron chi connectivity index (χ3n) is 3.14. The minimum atomic E-state index is -5.19. The van der Waals surface area contributed by atoms with Crippen molar-refractivity contribution in [2.45, 2.75) is 18.6 Å². The summed E-state index contributed by atoms with van der Waals surface area (Å²) in [6.45, 7) is 2.28. The number of aromatic nitrogens is 1. The lowest BCUT2D eigenvalue weighted by Gasteiger charge is -2.18. The van der Waals surface area contributed by atoms with Gasteiger partial charge in [0, 0.05) is 31.9 Å². The van der Waals surface area contributed by atoms with E-state index in [1.54, 1.807) is 6.20 Å². The highest BCUT2D eigenvalue weighted by molar-refractivity contribution is 5.74. The van der Waals surface area contributed by atoms with E-state index in [-0.39, 0.29) is 18.6 Å². The Balaban J connectivity index is 0.000000381. The SMILES string of the molecule is O=C([O-])C(F)(F)F.[NH-]CCNC(=O)N[C@H]1CCN(c2ccccn2)C1. The molecule has 1 saturated heterocycles. The van der Waals surface area contributed by atoms with Gasteiger partial charge in [-0.25, -0.2) is 9.78 Å². The van der Waals surface area contributed by atoms with Crippen LogP contribution >= 0.6 is 0 Å². The number of hydrogen-bond acceptors (Lipinski definition) is 5. The zero-order chi connectivity index (χ0) is 18.9. The Morgan fingerprint density at radius 3 is 2.60 bits per heavy atom. The predicted octanol–water partition coefficient (Wildman–Crippen LogP) is 0.310. The van der Waals surface area contributed by atoms with E-state index in [4.69, 9.17) is 15.6 Å². The van der Waals surface area contributed by atoms with Crippen LogP contribution in [0.15, 0.2) is 24.4 Å². The molecule has 0 radical (unpaired) electrons. The first-order valence-corrected chi connectivity index (χ1v) is 7.37. The van der Waals surface area contributed by atoms with Crippen LogP contribution in [0.2, 0.25) is 0 Å².